The number of nitriles is 1. The van der Waals surface area contributed by atoms with Gasteiger partial charge in [0.1, 0.15) is 28.2 Å². The molecule has 0 saturated carbocycles. The molecule has 0 radical (unpaired) electrons. The first-order valence-electron chi connectivity index (χ1n) is 11.0. The van der Waals surface area contributed by atoms with Crippen LogP contribution in [0.5, 0.6) is 11.5 Å². The molecule has 2 aromatic carbocycles. The number of ether oxygens (including phenoxy) is 2. The molecule has 10 nitrogen and oxygen atoms in total. The number of hydrogen-bond donors (Lipinski definition) is 1. The lowest BCUT2D eigenvalue weighted by atomic mass is 10.1. The Bertz CT molecular complexity index is 1610. The van der Waals surface area contributed by atoms with Gasteiger partial charge in [-0.2, -0.15) is 14.8 Å². The van der Waals surface area contributed by atoms with E-state index in [9.17, 15) is 10.1 Å². The summed E-state index contributed by atoms with van der Waals surface area (Å²) in [5.74, 6) is 1.55. The molecule has 0 spiro atoms. The van der Waals surface area contributed by atoms with Crippen molar-refractivity contribution in [2.75, 3.05) is 18.7 Å². The summed E-state index contributed by atoms with van der Waals surface area (Å²) in [6.45, 7) is 0. The van der Waals surface area contributed by atoms with Gasteiger partial charge in [-0.25, -0.2) is 9.78 Å². The average molecular weight is 510 g/mol. The molecule has 11 heteroatoms. The Kier molecular flexibility index (Phi) is 6.65. The predicted octanol–water partition coefficient (Wildman–Crippen LogP) is 5.10. The zero-order valence-electron chi connectivity index (χ0n) is 19.7. The first-order chi connectivity index (χ1) is 18.1. The summed E-state index contributed by atoms with van der Waals surface area (Å²) < 4.78 is 12.1. The fourth-order valence-corrected chi connectivity index (χ4v) is 4.13. The second-order valence-corrected chi connectivity index (χ2v) is 8.40. The number of carbonyl (C=O) groups excluding carboxylic acids is 1. The van der Waals surface area contributed by atoms with E-state index in [4.69, 9.17) is 9.47 Å². The Morgan fingerprint density at radius 1 is 1.00 bits per heavy atom. The third-order valence-corrected chi connectivity index (χ3v) is 6.02. The number of hydrogen-bond acceptors (Lipinski definition) is 10. The van der Waals surface area contributed by atoms with Crippen molar-refractivity contribution in [2.24, 2.45) is 0 Å². The topological polar surface area (TPSA) is 127 Å². The molecule has 0 fully saturated rings. The highest BCUT2D eigenvalue weighted by atomic mass is 32.2. The quantitative estimate of drug-likeness (QED) is 0.180. The fourth-order valence-electron chi connectivity index (χ4n) is 3.61. The molecule has 0 unspecified atom stereocenters. The van der Waals surface area contributed by atoms with Crippen LogP contribution >= 0.6 is 11.8 Å². The van der Waals surface area contributed by atoms with Gasteiger partial charge in [0.2, 0.25) is 5.95 Å². The highest BCUT2D eigenvalue weighted by molar-refractivity contribution is 7.98. The number of esters is 1. The summed E-state index contributed by atoms with van der Waals surface area (Å²) >= 11 is 1.34. The van der Waals surface area contributed by atoms with Crippen molar-refractivity contribution in [3.8, 4) is 28.8 Å². The Morgan fingerprint density at radius 2 is 1.70 bits per heavy atom. The number of benzene rings is 2. The molecule has 0 aliphatic rings. The van der Waals surface area contributed by atoms with Crippen molar-refractivity contribution >= 4 is 35.1 Å². The maximum Gasteiger partial charge on any atom is 0.337 e. The predicted molar refractivity (Wildman–Crippen MR) is 138 cm³/mol. The van der Waals surface area contributed by atoms with Gasteiger partial charge in [-0.15, -0.1) is 16.9 Å². The zero-order chi connectivity index (χ0) is 25.8. The first kappa shape index (κ1) is 23.8. The molecule has 37 heavy (non-hydrogen) atoms. The van der Waals surface area contributed by atoms with E-state index in [0.717, 1.165) is 5.69 Å². The maximum atomic E-state index is 11.9. The first-order valence-corrected chi connectivity index (χ1v) is 12.2. The number of rotatable bonds is 7. The number of nitrogens with zero attached hydrogens (tertiary/aromatic N) is 6. The fraction of sp³-hybridized carbons (Fsp3) is 0.0769. The summed E-state index contributed by atoms with van der Waals surface area (Å²) in [5, 5.41) is 18.2. The minimum absolute atomic E-state index is 0.310. The Morgan fingerprint density at radius 3 is 2.35 bits per heavy atom. The van der Waals surface area contributed by atoms with Gasteiger partial charge in [-0.1, -0.05) is 12.1 Å². The van der Waals surface area contributed by atoms with Gasteiger partial charge in [0.15, 0.2) is 0 Å². The van der Waals surface area contributed by atoms with Gasteiger partial charge in [0.05, 0.1) is 18.4 Å². The number of methoxy groups -OCH3 is 1. The molecule has 0 aliphatic heterocycles. The number of pyridine rings is 1. The maximum absolute atomic E-state index is 11.9. The van der Waals surface area contributed by atoms with E-state index < -0.39 is 5.97 Å². The van der Waals surface area contributed by atoms with Crippen LogP contribution in [0.2, 0.25) is 0 Å². The molecule has 0 bridgehead atoms. The zero-order valence-corrected chi connectivity index (χ0v) is 20.6. The van der Waals surface area contributed by atoms with Crippen molar-refractivity contribution in [1.29, 1.82) is 5.26 Å². The normalized spacial score (nSPS) is 10.6. The van der Waals surface area contributed by atoms with Crippen molar-refractivity contribution in [3.63, 3.8) is 0 Å². The largest absolute Gasteiger partial charge is 0.465 e. The summed E-state index contributed by atoms with van der Waals surface area (Å²) in [6, 6.07) is 19.9. The lowest BCUT2D eigenvalue weighted by molar-refractivity contribution is 0.0600. The monoisotopic (exact) mass is 509 g/mol. The standard InChI is InChI=1S/C26H19N7O3S/c1-35-24(34)17-5-3-16(4-6-17)22-21(15-27)23(37-2)30-26-31-25(32-33(22)26)29-18-7-9-19(10-8-18)36-20-11-13-28-14-12-20/h3-14H,1-2H3,(H,29,32). The smallest absolute Gasteiger partial charge is 0.337 e. The molecule has 1 N–H and O–H groups in total. The van der Waals surface area contributed by atoms with Gasteiger partial charge in [0, 0.05) is 23.6 Å². The summed E-state index contributed by atoms with van der Waals surface area (Å²) in [6.07, 6.45) is 5.17. The van der Waals surface area contributed by atoms with Gasteiger partial charge in [0.25, 0.3) is 5.78 Å². The van der Waals surface area contributed by atoms with Gasteiger partial charge < -0.3 is 14.8 Å². The third kappa shape index (κ3) is 4.91. The average Bonchev–Trinajstić information content (AvgIpc) is 3.35. The molecule has 0 aliphatic carbocycles. The second kappa shape index (κ2) is 10.3. The summed E-state index contributed by atoms with van der Waals surface area (Å²) in [7, 11) is 1.33. The summed E-state index contributed by atoms with van der Waals surface area (Å²) in [5.41, 5.74) is 2.71. The Hall–Kier alpha value is -4.95. The van der Waals surface area contributed by atoms with E-state index in [-0.39, 0.29) is 0 Å². The lowest BCUT2D eigenvalue weighted by Crippen LogP contribution is -2.04. The second-order valence-electron chi connectivity index (χ2n) is 7.61. The van der Waals surface area contributed by atoms with Gasteiger partial charge >= 0.3 is 5.97 Å². The number of carbonyl (C=O) groups is 1. The van der Waals surface area contributed by atoms with Crippen LogP contribution in [-0.2, 0) is 4.74 Å². The van der Waals surface area contributed by atoms with Crippen LogP contribution in [0.3, 0.4) is 0 Å². The number of aromatic nitrogens is 5. The lowest BCUT2D eigenvalue weighted by Gasteiger charge is -2.10. The van der Waals surface area contributed by atoms with Gasteiger partial charge in [-0.05, 0) is 54.8 Å². The van der Waals surface area contributed by atoms with Crippen LogP contribution in [0, 0.1) is 11.3 Å². The molecule has 0 saturated heterocycles. The van der Waals surface area contributed by atoms with E-state index in [1.807, 2.05) is 30.5 Å². The van der Waals surface area contributed by atoms with Crippen LogP contribution in [-0.4, -0.2) is 43.9 Å². The van der Waals surface area contributed by atoms with Crippen molar-refractivity contribution in [3.05, 3.63) is 84.2 Å². The molecule has 0 atom stereocenters. The summed E-state index contributed by atoms with van der Waals surface area (Å²) in [4.78, 5) is 24.9. The van der Waals surface area contributed by atoms with E-state index in [1.54, 1.807) is 48.8 Å². The highest BCUT2D eigenvalue weighted by Crippen LogP contribution is 2.31. The van der Waals surface area contributed by atoms with E-state index >= 15 is 0 Å². The molecule has 5 aromatic rings. The minimum atomic E-state index is -0.443. The number of thioether (sulfide) groups is 1. The van der Waals surface area contributed by atoms with Crippen LogP contribution in [0.15, 0.2) is 78.1 Å². The third-order valence-electron chi connectivity index (χ3n) is 5.33. The molecular formula is C26H19N7O3S. The van der Waals surface area contributed by atoms with Crippen LogP contribution in [0.4, 0.5) is 11.6 Å². The van der Waals surface area contributed by atoms with Crippen LogP contribution in [0.1, 0.15) is 15.9 Å². The number of fused-ring (bicyclic) bond motifs is 1. The van der Waals surface area contributed by atoms with E-state index in [0.29, 0.717) is 50.6 Å². The minimum Gasteiger partial charge on any atom is -0.465 e. The number of nitrogens with one attached hydrogen (secondary N) is 1. The van der Waals surface area contributed by atoms with E-state index in [1.165, 1.54) is 23.4 Å². The molecular weight excluding hydrogens is 490 g/mol. The SMILES string of the molecule is COC(=O)c1ccc(-c2c(C#N)c(SC)nc3nc(Nc4ccc(Oc5ccncc5)cc4)nn23)cc1. The Labute approximate surface area is 215 Å². The molecule has 182 valence electrons. The highest BCUT2D eigenvalue weighted by Gasteiger charge is 2.20. The molecule has 0 amide bonds. The van der Waals surface area contributed by atoms with Crippen LogP contribution < -0.4 is 10.1 Å². The van der Waals surface area contributed by atoms with Crippen LogP contribution in [0.25, 0.3) is 17.0 Å². The van der Waals surface area contributed by atoms with Gasteiger partial charge in [-0.3, -0.25) is 4.98 Å². The Balaban J connectivity index is 1.48. The molecule has 5 rings (SSSR count). The molecule has 3 aromatic heterocycles. The van der Waals surface area contributed by atoms with E-state index in [2.05, 4.69) is 31.4 Å². The van der Waals surface area contributed by atoms with Crippen molar-refractivity contribution in [1.82, 2.24) is 24.6 Å². The molecule has 3 heterocycles. The number of anilines is 2. The van der Waals surface area contributed by atoms with Crippen molar-refractivity contribution < 1.29 is 14.3 Å². The van der Waals surface area contributed by atoms with Crippen molar-refractivity contribution in [2.45, 2.75) is 5.03 Å².